The lowest BCUT2D eigenvalue weighted by atomic mass is 10.3. The molecule has 0 aliphatic rings. The summed E-state index contributed by atoms with van der Waals surface area (Å²) in [5.41, 5.74) is 0.0688. The van der Waals surface area contributed by atoms with Crippen LogP contribution in [0.5, 0.6) is 0 Å². The molecule has 0 unspecified atom stereocenters. The van der Waals surface area contributed by atoms with Crippen molar-refractivity contribution >= 4 is 53.0 Å². The minimum atomic E-state index is -4.68. The van der Waals surface area contributed by atoms with Gasteiger partial charge in [0.1, 0.15) is 10.8 Å². The maximum atomic E-state index is 12.1. The van der Waals surface area contributed by atoms with E-state index in [4.69, 9.17) is 0 Å². The molecule has 6 nitrogen and oxygen atoms in total. The van der Waals surface area contributed by atoms with Crippen LogP contribution in [0.1, 0.15) is 0 Å². The third-order valence-electron chi connectivity index (χ3n) is 2.69. The van der Waals surface area contributed by atoms with E-state index < -0.39 is 37.7 Å². The van der Waals surface area contributed by atoms with E-state index in [1.807, 2.05) is 0 Å². The number of halogens is 4. The number of alkyl halides is 3. The average Bonchev–Trinajstić information content (AvgIpc) is 2.92. The minimum absolute atomic E-state index is 0.0444. The lowest BCUT2D eigenvalue weighted by Gasteiger charge is -2.10. The lowest BCUT2D eigenvalue weighted by molar-refractivity contribution is -0.121. The smallest absolute Gasteiger partial charge is 0.279 e. The van der Waals surface area contributed by atoms with Gasteiger partial charge in [-0.2, -0.15) is 13.2 Å². The summed E-state index contributed by atoms with van der Waals surface area (Å²) >= 11 is 4.13. The molecule has 13 heteroatoms. The van der Waals surface area contributed by atoms with Gasteiger partial charge in [0.2, 0.25) is 10.0 Å². The van der Waals surface area contributed by atoms with Gasteiger partial charge in [0.15, 0.2) is 0 Å². The number of benzene rings is 1. The SMILES string of the molecule is O=S(=O)(NCC(F)(F)F)c1ccc(NS(=O)(=O)c2ccc(Br)s2)cc1. The van der Waals surface area contributed by atoms with E-state index in [0.717, 1.165) is 35.6 Å². The van der Waals surface area contributed by atoms with Crippen LogP contribution in [0.25, 0.3) is 0 Å². The molecule has 25 heavy (non-hydrogen) atoms. The van der Waals surface area contributed by atoms with Crippen molar-refractivity contribution in [1.29, 1.82) is 0 Å². The molecule has 2 N–H and O–H groups in total. The van der Waals surface area contributed by atoms with Crippen molar-refractivity contribution in [3.63, 3.8) is 0 Å². The third-order valence-corrected chi connectivity index (χ3v) is 7.61. The van der Waals surface area contributed by atoms with Crippen molar-refractivity contribution in [2.24, 2.45) is 0 Å². The van der Waals surface area contributed by atoms with Crippen LogP contribution < -0.4 is 9.44 Å². The molecule has 1 heterocycles. The highest BCUT2D eigenvalue weighted by Crippen LogP contribution is 2.28. The monoisotopic (exact) mass is 478 g/mol. The molecule has 0 saturated carbocycles. The molecule has 0 fully saturated rings. The molecule has 0 spiro atoms. The zero-order valence-electron chi connectivity index (χ0n) is 12.0. The molecule has 0 saturated heterocycles. The highest BCUT2D eigenvalue weighted by molar-refractivity contribution is 9.11. The van der Waals surface area contributed by atoms with Crippen LogP contribution in [0.4, 0.5) is 18.9 Å². The van der Waals surface area contributed by atoms with Gasteiger partial charge in [0.25, 0.3) is 10.0 Å². The summed E-state index contributed by atoms with van der Waals surface area (Å²) in [6.45, 7) is -1.70. The maximum Gasteiger partial charge on any atom is 0.402 e. The van der Waals surface area contributed by atoms with Gasteiger partial charge >= 0.3 is 6.18 Å². The molecule has 2 aromatic rings. The fourth-order valence-electron chi connectivity index (χ4n) is 1.61. The molecule has 0 aliphatic carbocycles. The van der Waals surface area contributed by atoms with Crippen molar-refractivity contribution in [2.45, 2.75) is 15.3 Å². The Labute approximate surface area is 154 Å². The van der Waals surface area contributed by atoms with Gasteiger partial charge in [-0.15, -0.1) is 11.3 Å². The molecule has 1 aromatic carbocycles. The molecular formula is C12H10BrF3N2O4S3. The van der Waals surface area contributed by atoms with Crippen molar-refractivity contribution in [3.8, 4) is 0 Å². The standard InChI is InChI=1S/C12H10BrF3N2O4S3/c13-10-5-6-11(23-10)25(21,22)18-8-1-3-9(4-2-8)24(19,20)17-7-12(14,15)16/h1-6,17-18H,7H2. The van der Waals surface area contributed by atoms with Crippen LogP contribution in [-0.4, -0.2) is 29.6 Å². The van der Waals surface area contributed by atoms with Gasteiger partial charge in [-0.1, -0.05) is 0 Å². The number of thiophene rings is 1. The highest BCUT2D eigenvalue weighted by atomic mass is 79.9. The number of nitrogens with one attached hydrogen (secondary N) is 2. The Kier molecular flexibility index (Phi) is 5.83. The number of rotatable bonds is 6. The van der Waals surface area contributed by atoms with Crippen LogP contribution in [0.3, 0.4) is 0 Å². The third kappa shape index (κ3) is 5.67. The predicted octanol–water partition coefficient (Wildman–Crippen LogP) is 3.15. The minimum Gasteiger partial charge on any atom is -0.279 e. The zero-order valence-corrected chi connectivity index (χ0v) is 16.1. The molecule has 0 amide bonds. The second-order valence-electron chi connectivity index (χ2n) is 4.63. The Balaban J connectivity index is 2.14. The van der Waals surface area contributed by atoms with Gasteiger partial charge in [-0.3, -0.25) is 4.72 Å². The summed E-state index contributed by atoms with van der Waals surface area (Å²) in [5, 5.41) is 0. The predicted molar refractivity (Wildman–Crippen MR) is 90.5 cm³/mol. The largest absolute Gasteiger partial charge is 0.402 e. The van der Waals surface area contributed by atoms with Gasteiger partial charge in [-0.25, -0.2) is 21.6 Å². The molecule has 0 radical (unpaired) electrons. The quantitative estimate of drug-likeness (QED) is 0.666. The van der Waals surface area contributed by atoms with Gasteiger partial charge in [0.05, 0.1) is 8.68 Å². The summed E-state index contributed by atoms with van der Waals surface area (Å²) in [7, 11) is -8.20. The first-order valence-electron chi connectivity index (χ1n) is 6.34. The van der Waals surface area contributed by atoms with Crippen molar-refractivity contribution in [1.82, 2.24) is 4.72 Å². The van der Waals surface area contributed by atoms with E-state index in [0.29, 0.717) is 3.79 Å². The van der Waals surface area contributed by atoms with Crippen molar-refractivity contribution < 1.29 is 30.0 Å². The number of hydrogen-bond acceptors (Lipinski definition) is 5. The Morgan fingerprint density at radius 3 is 2.04 bits per heavy atom. The van der Waals surface area contributed by atoms with Crippen LogP contribution in [0, 0.1) is 0 Å². The number of sulfonamides is 2. The molecule has 2 rings (SSSR count). The Hall–Kier alpha value is -1.15. The van der Waals surface area contributed by atoms with Gasteiger partial charge in [-0.05, 0) is 52.3 Å². The second kappa shape index (κ2) is 7.23. The average molecular weight is 479 g/mol. The summed E-state index contributed by atoms with van der Waals surface area (Å²) < 4.78 is 88.4. The Bertz CT molecular complexity index is 954. The van der Waals surface area contributed by atoms with Crippen LogP contribution in [0.2, 0.25) is 0 Å². The van der Waals surface area contributed by atoms with Gasteiger partial charge < -0.3 is 0 Å². The second-order valence-corrected chi connectivity index (χ2v) is 10.8. The first kappa shape index (κ1) is 20.2. The summed E-state index contributed by atoms with van der Waals surface area (Å²) in [5.74, 6) is 0. The zero-order chi connectivity index (χ0) is 18.9. The fourth-order valence-corrected chi connectivity index (χ4v) is 5.69. The highest BCUT2D eigenvalue weighted by Gasteiger charge is 2.30. The van der Waals surface area contributed by atoms with Crippen LogP contribution >= 0.6 is 27.3 Å². The molecule has 0 aliphatic heterocycles. The van der Waals surface area contributed by atoms with E-state index in [2.05, 4.69) is 20.7 Å². The summed E-state index contributed by atoms with van der Waals surface area (Å²) in [6.07, 6.45) is -4.68. The summed E-state index contributed by atoms with van der Waals surface area (Å²) in [6, 6.07) is 7.23. The van der Waals surface area contributed by atoms with E-state index in [1.54, 1.807) is 6.07 Å². The van der Waals surface area contributed by atoms with Gasteiger partial charge in [0, 0.05) is 5.69 Å². The van der Waals surface area contributed by atoms with Crippen molar-refractivity contribution in [3.05, 3.63) is 40.2 Å². The van der Waals surface area contributed by atoms with Crippen molar-refractivity contribution in [2.75, 3.05) is 11.3 Å². The lowest BCUT2D eigenvalue weighted by Crippen LogP contribution is -2.33. The maximum absolute atomic E-state index is 12.1. The van der Waals surface area contributed by atoms with E-state index in [-0.39, 0.29) is 9.90 Å². The van der Waals surface area contributed by atoms with E-state index in [9.17, 15) is 30.0 Å². The van der Waals surface area contributed by atoms with Crippen LogP contribution in [-0.2, 0) is 20.0 Å². The Morgan fingerprint density at radius 1 is 0.960 bits per heavy atom. The summed E-state index contributed by atoms with van der Waals surface area (Å²) in [4.78, 5) is -0.418. The Morgan fingerprint density at radius 2 is 1.56 bits per heavy atom. The number of hydrogen-bond donors (Lipinski definition) is 2. The topological polar surface area (TPSA) is 92.3 Å². The molecule has 1 aromatic heterocycles. The van der Waals surface area contributed by atoms with Crippen LogP contribution in [0.15, 0.2) is 49.3 Å². The molecule has 138 valence electrons. The molecule has 0 bridgehead atoms. The normalized spacial score (nSPS) is 13.0. The number of anilines is 1. The van der Waals surface area contributed by atoms with E-state index in [1.165, 1.54) is 10.8 Å². The molecular weight excluding hydrogens is 469 g/mol. The fraction of sp³-hybridized carbons (Fsp3) is 0.167. The first-order chi connectivity index (χ1) is 11.4. The first-order valence-corrected chi connectivity index (χ1v) is 10.9. The van der Waals surface area contributed by atoms with E-state index >= 15 is 0 Å². The molecule has 0 atom stereocenters.